The predicted molar refractivity (Wildman–Crippen MR) is 67.5 cm³/mol. The van der Waals surface area contributed by atoms with Crippen molar-refractivity contribution in [3.05, 3.63) is 24.2 Å². The van der Waals surface area contributed by atoms with E-state index in [2.05, 4.69) is 18.5 Å². The van der Waals surface area contributed by atoms with Crippen LogP contribution in [0.15, 0.2) is 22.8 Å². The van der Waals surface area contributed by atoms with Crippen molar-refractivity contribution in [2.75, 3.05) is 18.6 Å². The first-order valence-electron chi connectivity index (χ1n) is 5.57. The molecule has 15 heavy (non-hydrogen) atoms. The summed E-state index contributed by atoms with van der Waals surface area (Å²) in [5.74, 6) is 2.34. The van der Waals surface area contributed by atoms with Crippen molar-refractivity contribution in [1.82, 2.24) is 5.32 Å². The zero-order chi connectivity index (χ0) is 10.9. The molecule has 0 radical (unpaired) electrons. The fourth-order valence-electron chi connectivity index (χ4n) is 1.48. The summed E-state index contributed by atoms with van der Waals surface area (Å²) in [6.07, 6.45) is 7.33. The highest BCUT2D eigenvalue weighted by atomic mass is 32.2. The van der Waals surface area contributed by atoms with Crippen LogP contribution in [0.5, 0.6) is 0 Å². The van der Waals surface area contributed by atoms with Crippen molar-refractivity contribution in [1.29, 1.82) is 0 Å². The van der Waals surface area contributed by atoms with Crippen molar-refractivity contribution in [2.24, 2.45) is 0 Å². The summed E-state index contributed by atoms with van der Waals surface area (Å²) < 4.78 is 5.30. The molecule has 0 aliphatic heterocycles. The third kappa shape index (κ3) is 5.90. The third-order valence-electron chi connectivity index (χ3n) is 2.42. The number of thioether (sulfide) groups is 1. The molecule has 0 aliphatic rings. The Bertz CT molecular complexity index is 236. The zero-order valence-electron chi connectivity index (χ0n) is 9.66. The Hall–Kier alpha value is -0.410. The molecule has 0 fully saturated rings. The molecule has 1 N–H and O–H groups in total. The van der Waals surface area contributed by atoms with Crippen molar-refractivity contribution in [3.63, 3.8) is 0 Å². The Labute approximate surface area is 96.8 Å². The SMILES string of the molecule is CSCCCNC(C)CCc1ccco1. The van der Waals surface area contributed by atoms with Crippen LogP contribution in [0.2, 0.25) is 0 Å². The highest BCUT2D eigenvalue weighted by Gasteiger charge is 2.02. The van der Waals surface area contributed by atoms with E-state index in [0.29, 0.717) is 6.04 Å². The van der Waals surface area contributed by atoms with Crippen molar-refractivity contribution in [2.45, 2.75) is 32.2 Å². The van der Waals surface area contributed by atoms with Crippen molar-refractivity contribution < 1.29 is 4.42 Å². The lowest BCUT2D eigenvalue weighted by Gasteiger charge is -2.12. The molecule has 0 amide bonds. The molecule has 0 aliphatic carbocycles. The maximum Gasteiger partial charge on any atom is 0.103 e. The second kappa shape index (κ2) is 7.83. The number of hydrogen-bond acceptors (Lipinski definition) is 3. The van der Waals surface area contributed by atoms with Gasteiger partial charge in [-0.1, -0.05) is 0 Å². The highest BCUT2D eigenvalue weighted by molar-refractivity contribution is 7.98. The molecule has 1 atom stereocenters. The second-order valence-electron chi connectivity index (χ2n) is 3.82. The first-order chi connectivity index (χ1) is 7.33. The smallest absolute Gasteiger partial charge is 0.103 e. The molecule has 1 unspecified atom stereocenters. The fourth-order valence-corrected chi connectivity index (χ4v) is 1.91. The second-order valence-corrected chi connectivity index (χ2v) is 4.81. The number of nitrogens with one attached hydrogen (secondary N) is 1. The summed E-state index contributed by atoms with van der Waals surface area (Å²) in [4.78, 5) is 0. The molecule has 1 aromatic heterocycles. The molecular weight excluding hydrogens is 206 g/mol. The Morgan fingerprint density at radius 1 is 1.53 bits per heavy atom. The van der Waals surface area contributed by atoms with Gasteiger partial charge in [0.1, 0.15) is 5.76 Å². The van der Waals surface area contributed by atoms with Crippen LogP contribution in [-0.4, -0.2) is 24.6 Å². The van der Waals surface area contributed by atoms with Gasteiger partial charge >= 0.3 is 0 Å². The minimum absolute atomic E-state index is 0.581. The number of rotatable bonds is 8. The van der Waals surface area contributed by atoms with E-state index in [1.165, 1.54) is 12.2 Å². The van der Waals surface area contributed by atoms with Gasteiger partial charge in [-0.25, -0.2) is 0 Å². The topological polar surface area (TPSA) is 25.2 Å². The van der Waals surface area contributed by atoms with E-state index >= 15 is 0 Å². The van der Waals surface area contributed by atoms with Crippen LogP contribution in [0.1, 0.15) is 25.5 Å². The number of aryl methyl sites for hydroxylation is 1. The van der Waals surface area contributed by atoms with Gasteiger partial charge in [0.15, 0.2) is 0 Å². The minimum Gasteiger partial charge on any atom is -0.469 e. The molecule has 2 nitrogen and oxygen atoms in total. The van der Waals surface area contributed by atoms with E-state index in [4.69, 9.17) is 4.42 Å². The molecule has 0 saturated carbocycles. The zero-order valence-corrected chi connectivity index (χ0v) is 10.5. The quantitative estimate of drug-likeness (QED) is 0.691. The fraction of sp³-hybridized carbons (Fsp3) is 0.667. The molecule has 0 aromatic carbocycles. The van der Waals surface area contributed by atoms with E-state index in [1.807, 2.05) is 23.9 Å². The minimum atomic E-state index is 0.581. The Morgan fingerprint density at radius 3 is 3.07 bits per heavy atom. The average molecular weight is 227 g/mol. The molecule has 0 spiro atoms. The summed E-state index contributed by atoms with van der Waals surface area (Å²) in [6, 6.07) is 4.57. The Kier molecular flexibility index (Phi) is 6.60. The Morgan fingerprint density at radius 2 is 2.40 bits per heavy atom. The highest BCUT2D eigenvalue weighted by Crippen LogP contribution is 2.05. The number of hydrogen-bond donors (Lipinski definition) is 1. The first-order valence-corrected chi connectivity index (χ1v) is 6.97. The normalized spacial score (nSPS) is 12.9. The van der Waals surface area contributed by atoms with Crippen molar-refractivity contribution in [3.8, 4) is 0 Å². The van der Waals surface area contributed by atoms with Gasteiger partial charge in [0.25, 0.3) is 0 Å². The number of furan rings is 1. The van der Waals surface area contributed by atoms with Gasteiger partial charge in [-0.05, 0) is 50.5 Å². The van der Waals surface area contributed by atoms with Gasteiger partial charge in [0, 0.05) is 12.5 Å². The third-order valence-corrected chi connectivity index (χ3v) is 3.12. The van der Waals surface area contributed by atoms with Crippen LogP contribution < -0.4 is 5.32 Å². The molecule has 86 valence electrons. The molecular formula is C12H21NOS. The summed E-state index contributed by atoms with van der Waals surface area (Å²) in [5.41, 5.74) is 0. The van der Waals surface area contributed by atoms with E-state index in [1.54, 1.807) is 6.26 Å². The molecule has 3 heteroatoms. The largest absolute Gasteiger partial charge is 0.469 e. The van der Waals surface area contributed by atoms with E-state index < -0.39 is 0 Å². The molecule has 1 aromatic rings. The van der Waals surface area contributed by atoms with Gasteiger partial charge in [-0.2, -0.15) is 11.8 Å². The lowest BCUT2D eigenvalue weighted by atomic mass is 10.1. The maximum absolute atomic E-state index is 5.30. The molecule has 1 heterocycles. The van der Waals surface area contributed by atoms with Gasteiger partial charge < -0.3 is 9.73 Å². The Balaban J connectivity index is 2.01. The summed E-state index contributed by atoms with van der Waals surface area (Å²) >= 11 is 1.91. The van der Waals surface area contributed by atoms with Crippen LogP contribution in [0, 0.1) is 0 Å². The summed E-state index contributed by atoms with van der Waals surface area (Å²) in [5, 5.41) is 3.52. The average Bonchev–Trinajstić information content (AvgIpc) is 2.74. The van der Waals surface area contributed by atoms with Gasteiger partial charge in [-0.3, -0.25) is 0 Å². The maximum atomic E-state index is 5.30. The van der Waals surface area contributed by atoms with Crippen molar-refractivity contribution >= 4 is 11.8 Å². The molecule has 0 saturated heterocycles. The van der Waals surface area contributed by atoms with Gasteiger partial charge in [-0.15, -0.1) is 0 Å². The standard InChI is InChI=1S/C12H21NOS/c1-11(13-8-4-10-15-2)6-7-12-5-3-9-14-12/h3,5,9,11,13H,4,6-8,10H2,1-2H3. The van der Waals surface area contributed by atoms with E-state index in [0.717, 1.165) is 25.1 Å². The van der Waals surface area contributed by atoms with E-state index in [9.17, 15) is 0 Å². The lowest BCUT2D eigenvalue weighted by Crippen LogP contribution is -2.27. The lowest BCUT2D eigenvalue weighted by molar-refractivity contribution is 0.461. The van der Waals surface area contributed by atoms with Gasteiger partial charge in [0.05, 0.1) is 6.26 Å². The summed E-state index contributed by atoms with van der Waals surface area (Å²) in [7, 11) is 0. The first kappa shape index (κ1) is 12.7. The summed E-state index contributed by atoms with van der Waals surface area (Å²) in [6.45, 7) is 3.36. The predicted octanol–water partition coefficient (Wildman–Crippen LogP) is 2.94. The van der Waals surface area contributed by atoms with Crippen LogP contribution in [0.25, 0.3) is 0 Å². The molecule has 0 bridgehead atoms. The van der Waals surface area contributed by atoms with Crippen LogP contribution >= 0.6 is 11.8 Å². The molecule has 1 rings (SSSR count). The van der Waals surface area contributed by atoms with Crippen LogP contribution in [-0.2, 0) is 6.42 Å². The monoisotopic (exact) mass is 227 g/mol. The van der Waals surface area contributed by atoms with Crippen LogP contribution in [0.4, 0.5) is 0 Å². The van der Waals surface area contributed by atoms with Gasteiger partial charge in [0.2, 0.25) is 0 Å². The van der Waals surface area contributed by atoms with E-state index in [-0.39, 0.29) is 0 Å². The van der Waals surface area contributed by atoms with Crippen LogP contribution in [0.3, 0.4) is 0 Å².